The van der Waals surface area contributed by atoms with Crippen LogP contribution in [-0.4, -0.2) is 51.3 Å². The molecule has 0 N–H and O–H groups in total. The van der Waals surface area contributed by atoms with E-state index in [0.29, 0.717) is 23.1 Å². The van der Waals surface area contributed by atoms with Gasteiger partial charge in [-0.15, -0.1) is 0 Å². The summed E-state index contributed by atoms with van der Waals surface area (Å²) < 4.78 is 38.6. The first-order chi connectivity index (χ1) is 14.8. The van der Waals surface area contributed by atoms with Crippen molar-refractivity contribution >= 4 is 37.7 Å². The van der Waals surface area contributed by atoms with Gasteiger partial charge in [0.15, 0.2) is 6.61 Å². The van der Waals surface area contributed by atoms with Gasteiger partial charge in [0.2, 0.25) is 15.8 Å². The summed E-state index contributed by atoms with van der Waals surface area (Å²) in [6, 6.07) is 10.9. The quantitative estimate of drug-likeness (QED) is 0.412. The molecule has 0 radical (unpaired) electrons. The van der Waals surface area contributed by atoms with Crippen molar-refractivity contribution in [1.82, 2.24) is 4.31 Å². The van der Waals surface area contributed by atoms with Crippen LogP contribution in [0.1, 0.15) is 46.4 Å². The lowest BCUT2D eigenvalue weighted by atomic mass is 10.1. The number of esters is 1. The minimum Gasteiger partial charge on any atom is -0.496 e. The molecular formula is C22H24BrNO6S. The summed E-state index contributed by atoms with van der Waals surface area (Å²) in [4.78, 5) is 25.1. The van der Waals surface area contributed by atoms with E-state index in [2.05, 4.69) is 15.9 Å². The monoisotopic (exact) mass is 509 g/mol. The number of benzene rings is 2. The molecule has 1 fully saturated rings. The number of ether oxygens (including phenoxy) is 2. The maximum atomic E-state index is 13.1. The van der Waals surface area contributed by atoms with Crippen LogP contribution in [0.4, 0.5) is 0 Å². The van der Waals surface area contributed by atoms with Crippen molar-refractivity contribution in [2.75, 3.05) is 26.8 Å². The molecule has 0 saturated carbocycles. The van der Waals surface area contributed by atoms with Crippen LogP contribution in [0.15, 0.2) is 51.8 Å². The first-order valence-corrected chi connectivity index (χ1v) is 12.2. The highest BCUT2D eigenvalue weighted by molar-refractivity contribution is 9.10. The highest BCUT2D eigenvalue weighted by Crippen LogP contribution is 2.27. The van der Waals surface area contributed by atoms with Crippen molar-refractivity contribution < 1.29 is 27.5 Å². The number of sulfonamides is 1. The molecule has 0 atom stereocenters. The smallest absolute Gasteiger partial charge is 0.342 e. The molecule has 0 amide bonds. The minimum atomic E-state index is -3.75. The van der Waals surface area contributed by atoms with E-state index in [1.54, 1.807) is 24.3 Å². The SMILES string of the molecule is COc1ccc(S(=O)(=O)N2CCCCCC2)cc1C(=O)OCC(=O)c1ccccc1Br. The van der Waals surface area contributed by atoms with Crippen LogP contribution in [0.3, 0.4) is 0 Å². The summed E-state index contributed by atoms with van der Waals surface area (Å²) in [6.45, 7) is 0.427. The van der Waals surface area contributed by atoms with Gasteiger partial charge in [-0.1, -0.05) is 47.0 Å². The minimum absolute atomic E-state index is 0.000666. The van der Waals surface area contributed by atoms with Gasteiger partial charge in [-0.25, -0.2) is 13.2 Å². The molecule has 3 rings (SSSR count). The van der Waals surface area contributed by atoms with E-state index in [1.165, 1.54) is 29.6 Å². The molecule has 0 aromatic heterocycles. The number of methoxy groups -OCH3 is 1. The van der Waals surface area contributed by atoms with Crippen molar-refractivity contribution in [3.05, 3.63) is 58.1 Å². The van der Waals surface area contributed by atoms with Gasteiger partial charge in [0.1, 0.15) is 11.3 Å². The van der Waals surface area contributed by atoms with Crippen molar-refractivity contribution in [2.45, 2.75) is 30.6 Å². The van der Waals surface area contributed by atoms with Crippen molar-refractivity contribution in [2.24, 2.45) is 0 Å². The first-order valence-electron chi connectivity index (χ1n) is 9.97. The van der Waals surface area contributed by atoms with E-state index < -0.39 is 22.6 Å². The molecule has 1 heterocycles. The third kappa shape index (κ3) is 5.53. The third-order valence-electron chi connectivity index (χ3n) is 5.10. The van der Waals surface area contributed by atoms with Crippen LogP contribution in [-0.2, 0) is 14.8 Å². The van der Waals surface area contributed by atoms with Gasteiger partial charge < -0.3 is 9.47 Å². The normalized spacial score (nSPS) is 15.2. The van der Waals surface area contributed by atoms with Crippen molar-refractivity contribution in [1.29, 1.82) is 0 Å². The molecule has 0 unspecified atom stereocenters. The largest absolute Gasteiger partial charge is 0.496 e. The fourth-order valence-corrected chi connectivity index (χ4v) is 5.46. The molecule has 1 aliphatic heterocycles. The molecule has 2 aromatic rings. The Morgan fingerprint density at radius 3 is 2.32 bits per heavy atom. The molecule has 1 saturated heterocycles. The van der Waals surface area contributed by atoms with Crippen LogP contribution < -0.4 is 4.74 Å². The van der Waals surface area contributed by atoms with Crippen molar-refractivity contribution in [3.63, 3.8) is 0 Å². The maximum Gasteiger partial charge on any atom is 0.342 e. The Hall–Kier alpha value is -2.23. The van der Waals surface area contributed by atoms with Crippen LogP contribution in [0.25, 0.3) is 0 Å². The zero-order valence-electron chi connectivity index (χ0n) is 17.2. The zero-order valence-corrected chi connectivity index (χ0v) is 19.6. The Labute approximate surface area is 190 Å². The van der Waals surface area contributed by atoms with E-state index in [-0.39, 0.29) is 22.0 Å². The molecule has 9 heteroatoms. The molecule has 31 heavy (non-hydrogen) atoms. The predicted octanol–water partition coefficient (Wildman–Crippen LogP) is 4.06. The maximum absolute atomic E-state index is 13.1. The Bertz CT molecular complexity index is 1060. The zero-order chi connectivity index (χ0) is 22.4. The van der Waals surface area contributed by atoms with Gasteiger partial charge in [0, 0.05) is 23.1 Å². The first kappa shape index (κ1) is 23.4. The molecule has 166 valence electrons. The molecule has 2 aromatic carbocycles. The van der Waals surface area contributed by atoms with Gasteiger partial charge in [-0.3, -0.25) is 4.79 Å². The van der Waals surface area contributed by atoms with E-state index in [4.69, 9.17) is 9.47 Å². The number of Topliss-reactive ketones (excluding diaryl/α,β-unsaturated/α-hetero) is 1. The summed E-state index contributed by atoms with van der Waals surface area (Å²) in [5, 5.41) is 0. The van der Waals surface area contributed by atoms with Gasteiger partial charge in [-0.05, 0) is 37.1 Å². The number of nitrogens with zero attached hydrogens (tertiary/aromatic N) is 1. The van der Waals surface area contributed by atoms with Crippen LogP contribution in [0, 0.1) is 0 Å². The van der Waals surface area contributed by atoms with E-state index in [1.807, 2.05) is 0 Å². The standard InChI is InChI=1S/C22H24BrNO6S/c1-29-21-11-10-16(31(27,28)24-12-6-2-3-7-13-24)14-18(21)22(26)30-15-20(25)17-8-4-5-9-19(17)23/h4-5,8-11,14H,2-3,6-7,12-13,15H2,1H3. The lowest BCUT2D eigenvalue weighted by Crippen LogP contribution is -2.32. The number of carbonyl (C=O) groups excluding carboxylic acids is 2. The lowest BCUT2D eigenvalue weighted by Gasteiger charge is -2.20. The Balaban J connectivity index is 1.80. The van der Waals surface area contributed by atoms with Crippen molar-refractivity contribution in [3.8, 4) is 5.75 Å². The second-order valence-corrected chi connectivity index (χ2v) is 9.95. The second-order valence-electron chi connectivity index (χ2n) is 7.16. The second kappa shape index (κ2) is 10.4. The summed E-state index contributed by atoms with van der Waals surface area (Å²) in [7, 11) is -2.37. The highest BCUT2D eigenvalue weighted by atomic mass is 79.9. The number of carbonyl (C=O) groups is 2. The average Bonchev–Trinajstić information content (AvgIpc) is 3.07. The van der Waals surface area contributed by atoms with Gasteiger partial charge in [0.25, 0.3) is 0 Å². The number of hydrogen-bond donors (Lipinski definition) is 0. The highest BCUT2D eigenvalue weighted by Gasteiger charge is 2.27. The summed E-state index contributed by atoms with van der Waals surface area (Å²) >= 11 is 3.29. The third-order valence-corrected chi connectivity index (χ3v) is 7.69. The van der Waals surface area contributed by atoms with E-state index >= 15 is 0 Å². The summed E-state index contributed by atoms with van der Waals surface area (Å²) in [5.74, 6) is -1.04. The summed E-state index contributed by atoms with van der Waals surface area (Å²) in [5.41, 5.74) is 0.345. The van der Waals surface area contributed by atoms with Crippen LogP contribution in [0.2, 0.25) is 0 Å². The number of hydrogen-bond acceptors (Lipinski definition) is 6. The number of rotatable bonds is 7. The molecule has 0 bridgehead atoms. The molecule has 0 aliphatic carbocycles. The molecule has 1 aliphatic rings. The molecule has 7 nitrogen and oxygen atoms in total. The van der Waals surface area contributed by atoms with Crippen LogP contribution >= 0.6 is 15.9 Å². The van der Waals surface area contributed by atoms with Gasteiger partial charge in [0.05, 0.1) is 12.0 Å². The predicted molar refractivity (Wildman–Crippen MR) is 119 cm³/mol. The average molecular weight is 510 g/mol. The molecular weight excluding hydrogens is 486 g/mol. The van der Waals surface area contributed by atoms with Crippen LogP contribution in [0.5, 0.6) is 5.75 Å². The van der Waals surface area contributed by atoms with Gasteiger partial charge in [-0.2, -0.15) is 4.31 Å². The lowest BCUT2D eigenvalue weighted by molar-refractivity contribution is 0.0471. The van der Waals surface area contributed by atoms with E-state index in [0.717, 1.165) is 25.7 Å². The Kier molecular flexibility index (Phi) is 7.85. The Morgan fingerprint density at radius 2 is 1.68 bits per heavy atom. The fraction of sp³-hybridized carbons (Fsp3) is 0.364. The Morgan fingerprint density at radius 1 is 1.00 bits per heavy atom. The van der Waals surface area contributed by atoms with Gasteiger partial charge >= 0.3 is 5.97 Å². The number of ketones is 1. The van der Waals surface area contributed by atoms with E-state index in [9.17, 15) is 18.0 Å². The fourth-order valence-electron chi connectivity index (χ4n) is 3.41. The topological polar surface area (TPSA) is 90.0 Å². The molecule has 0 spiro atoms. The number of halogens is 1. The summed E-state index contributed by atoms with van der Waals surface area (Å²) in [6.07, 6.45) is 3.61.